The van der Waals surface area contributed by atoms with E-state index in [-0.39, 0.29) is 24.8 Å². The van der Waals surface area contributed by atoms with Gasteiger partial charge in [-0.25, -0.2) is 0 Å². The Morgan fingerprint density at radius 1 is 1.30 bits per heavy atom. The number of likely N-dealkylation sites (tertiary alicyclic amines) is 1. The number of nitrogens with one attached hydrogen (secondary N) is 1. The quantitative estimate of drug-likeness (QED) is 0.863. The Balaban J connectivity index is 2.07. The third-order valence-electron chi connectivity index (χ3n) is 4.30. The molecule has 2 amide bonds. The van der Waals surface area contributed by atoms with Crippen molar-refractivity contribution < 1.29 is 19.5 Å². The fourth-order valence-electron chi connectivity index (χ4n) is 2.84. The molecule has 1 aliphatic heterocycles. The zero-order valence-corrected chi connectivity index (χ0v) is 13.4. The highest BCUT2D eigenvalue weighted by Crippen LogP contribution is 2.31. The molecule has 6 nitrogen and oxygen atoms in total. The zero-order chi connectivity index (χ0) is 17.0. The van der Waals surface area contributed by atoms with Gasteiger partial charge in [0.05, 0.1) is 17.9 Å². The molecule has 2 atom stereocenters. The Kier molecular flexibility index (Phi) is 5.03. The van der Waals surface area contributed by atoms with Crippen molar-refractivity contribution in [2.75, 3.05) is 13.1 Å². The van der Waals surface area contributed by atoms with Crippen LogP contribution in [0.2, 0.25) is 0 Å². The predicted molar refractivity (Wildman–Crippen MR) is 84.6 cm³/mol. The molecule has 2 N–H and O–H groups in total. The molecule has 0 spiro atoms. The Hall–Kier alpha value is -2.37. The summed E-state index contributed by atoms with van der Waals surface area (Å²) >= 11 is 0. The number of carbonyl (C=O) groups is 3. The highest BCUT2D eigenvalue weighted by molar-refractivity contribution is 5.82. The zero-order valence-electron chi connectivity index (χ0n) is 13.4. The summed E-state index contributed by atoms with van der Waals surface area (Å²) in [5, 5.41) is 12.0. The van der Waals surface area contributed by atoms with E-state index in [1.165, 1.54) is 6.92 Å². The maximum Gasteiger partial charge on any atom is 0.311 e. The number of hydrogen-bond acceptors (Lipinski definition) is 3. The SMILES string of the molecule is CC(=O)N[C@H](CC(=O)N1CC[C@@](C)(C(=O)O)C1)c1ccccc1. The van der Waals surface area contributed by atoms with Gasteiger partial charge in [-0.3, -0.25) is 14.4 Å². The van der Waals surface area contributed by atoms with Crippen molar-refractivity contribution >= 4 is 17.8 Å². The topological polar surface area (TPSA) is 86.7 Å². The van der Waals surface area contributed by atoms with Gasteiger partial charge in [0.15, 0.2) is 0 Å². The highest BCUT2D eigenvalue weighted by atomic mass is 16.4. The predicted octanol–water partition coefficient (Wildman–Crippen LogP) is 1.58. The minimum absolute atomic E-state index is 0.124. The molecule has 0 aliphatic carbocycles. The summed E-state index contributed by atoms with van der Waals surface area (Å²) in [6.45, 7) is 3.72. The smallest absolute Gasteiger partial charge is 0.311 e. The second-order valence-electron chi connectivity index (χ2n) is 6.30. The van der Waals surface area contributed by atoms with Crippen LogP contribution < -0.4 is 5.32 Å². The summed E-state index contributed by atoms with van der Waals surface area (Å²) in [5.74, 6) is -1.23. The van der Waals surface area contributed by atoms with Crippen molar-refractivity contribution in [3.63, 3.8) is 0 Å². The van der Waals surface area contributed by atoms with Gasteiger partial charge in [0, 0.05) is 20.0 Å². The third kappa shape index (κ3) is 4.09. The molecule has 0 radical (unpaired) electrons. The molecule has 1 aliphatic rings. The number of nitrogens with zero attached hydrogens (tertiary/aromatic N) is 1. The van der Waals surface area contributed by atoms with Gasteiger partial charge in [-0.2, -0.15) is 0 Å². The van der Waals surface area contributed by atoms with Crippen LogP contribution in [0.4, 0.5) is 0 Å². The average Bonchev–Trinajstić information content (AvgIpc) is 2.91. The van der Waals surface area contributed by atoms with Crippen LogP contribution in [0, 0.1) is 5.41 Å². The third-order valence-corrected chi connectivity index (χ3v) is 4.30. The van der Waals surface area contributed by atoms with Crippen molar-refractivity contribution in [3.05, 3.63) is 35.9 Å². The number of benzene rings is 1. The van der Waals surface area contributed by atoms with Gasteiger partial charge in [-0.05, 0) is 18.9 Å². The second-order valence-corrected chi connectivity index (χ2v) is 6.30. The van der Waals surface area contributed by atoms with E-state index >= 15 is 0 Å². The van der Waals surface area contributed by atoms with E-state index in [4.69, 9.17) is 0 Å². The minimum atomic E-state index is -0.883. The largest absolute Gasteiger partial charge is 0.481 e. The Bertz CT molecular complexity index is 602. The van der Waals surface area contributed by atoms with E-state index in [0.29, 0.717) is 13.0 Å². The van der Waals surface area contributed by atoms with E-state index in [0.717, 1.165) is 5.56 Å². The lowest BCUT2D eigenvalue weighted by atomic mass is 9.90. The molecule has 0 unspecified atom stereocenters. The molecule has 124 valence electrons. The first-order valence-electron chi connectivity index (χ1n) is 7.65. The summed E-state index contributed by atoms with van der Waals surface area (Å²) < 4.78 is 0. The van der Waals surface area contributed by atoms with Gasteiger partial charge in [-0.1, -0.05) is 30.3 Å². The van der Waals surface area contributed by atoms with Crippen molar-refractivity contribution in [1.82, 2.24) is 10.2 Å². The summed E-state index contributed by atoms with van der Waals surface area (Å²) in [7, 11) is 0. The summed E-state index contributed by atoms with van der Waals surface area (Å²) in [6, 6.07) is 8.89. The minimum Gasteiger partial charge on any atom is -0.481 e. The van der Waals surface area contributed by atoms with Gasteiger partial charge in [-0.15, -0.1) is 0 Å². The van der Waals surface area contributed by atoms with Crippen molar-refractivity contribution in [2.45, 2.75) is 32.7 Å². The number of hydrogen-bond donors (Lipinski definition) is 2. The summed E-state index contributed by atoms with van der Waals surface area (Å²) in [6.07, 6.45) is 0.573. The summed E-state index contributed by atoms with van der Waals surface area (Å²) in [4.78, 5) is 36.8. The van der Waals surface area contributed by atoms with Gasteiger partial charge in [0.25, 0.3) is 0 Å². The van der Waals surface area contributed by atoms with E-state index in [1.54, 1.807) is 11.8 Å². The van der Waals surface area contributed by atoms with E-state index < -0.39 is 17.4 Å². The molecule has 1 saturated heterocycles. The number of amides is 2. The number of carboxylic acids is 1. The normalized spacial score (nSPS) is 21.7. The maximum atomic E-state index is 12.5. The molecule has 1 aromatic rings. The van der Waals surface area contributed by atoms with Crippen molar-refractivity contribution in [3.8, 4) is 0 Å². The average molecular weight is 318 g/mol. The summed E-state index contributed by atoms with van der Waals surface area (Å²) in [5.41, 5.74) is -0.0254. The fraction of sp³-hybridized carbons (Fsp3) is 0.471. The van der Waals surface area contributed by atoms with Crippen LogP contribution in [-0.2, 0) is 14.4 Å². The van der Waals surface area contributed by atoms with Crippen LogP contribution in [0.1, 0.15) is 38.3 Å². The molecule has 0 aromatic heterocycles. The second kappa shape index (κ2) is 6.81. The first-order valence-corrected chi connectivity index (χ1v) is 7.65. The van der Waals surface area contributed by atoms with Crippen LogP contribution in [0.5, 0.6) is 0 Å². The molecule has 1 fully saturated rings. The number of aliphatic carboxylic acids is 1. The highest BCUT2D eigenvalue weighted by Gasteiger charge is 2.42. The lowest BCUT2D eigenvalue weighted by molar-refractivity contribution is -0.147. The van der Waals surface area contributed by atoms with Gasteiger partial charge in [0.1, 0.15) is 0 Å². The molecular weight excluding hydrogens is 296 g/mol. The van der Waals surface area contributed by atoms with E-state index in [1.807, 2.05) is 30.3 Å². The maximum absolute atomic E-state index is 12.5. The number of rotatable bonds is 5. The lowest BCUT2D eigenvalue weighted by Gasteiger charge is -2.23. The molecule has 23 heavy (non-hydrogen) atoms. The van der Waals surface area contributed by atoms with E-state index in [2.05, 4.69) is 5.32 Å². The van der Waals surface area contributed by atoms with Crippen molar-refractivity contribution in [1.29, 1.82) is 0 Å². The van der Waals surface area contributed by atoms with Crippen LogP contribution in [-0.4, -0.2) is 40.9 Å². The molecule has 1 heterocycles. The van der Waals surface area contributed by atoms with Crippen LogP contribution in [0.15, 0.2) is 30.3 Å². The Labute approximate surface area is 135 Å². The molecular formula is C17H22N2O4. The molecule has 0 bridgehead atoms. The van der Waals surface area contributed by atoms with Gasteiger partial charge in [0.2, 0.25) is 11.8 Å². The molecule has 1 aromatic carbocycles. The Morgan fingerprint density at radius 2 is 1.96 bits per heavy atom. The number of carboxylic acid groups (broad SMARTS) is 1. The van der Waals surface area contributed by atoms with Crippen molar-refractivity contribution in [2.24, 2.45) is 5.41 Å². The molecule has 0 saturated carbocycles. The molecule has 2 rings (SSSR count). The molecule has 6 heteroatoms. The fourth-order valence-corrected chi connectivity index (χ4v) is 2.84. The van der Waals surface area contributed by atoms with Crippen LogP contribution in [0.25, 0.3) is 0 Å². The van der Waals surface area contributed by atoms with Crippen LogP contribution in [0.3, 0.4) is 0 Å². The Morgan fingerprint density at radius 3 is 2.48 bits per heavy atom. The first-order chi connectivity index (χ1) is 10.8. The van der Waals surface area contributed by atoms with Gasteiger partial charge >= 0.3 is 5.97 Å². The first kappa shape index (κ1) is 17.0. The monoisotopic (exact) mass is 318 g/mol. The number of carbonyl (C=O) groups excluding carboxylic acids is 2. The van der Waals surface area contributed by atoms with Crippen LogP contribution >= 0.6 is 0 Å². The van der Waals surface area contributed by atoms with Gasteiger partial charge < -0.3 is 15.3 Å². The lowest BCUT2D eigenvalue weighted by Crippen LogP contribution is -2.37. The standard InChI is InChI=1S/C17H22N2O4/c1-12(20)18-14(13-6-4-3-5-7-13)10-15(21)19-9-8-17(2,11-19)16(22)23/h3-7,14H,8-11H2,1-2H3,(H,18,20)(H,22,23)/t14-,17-/m1/s1. The van der Waals surface area contributed by atoms with E-state index in [9.17, 15) is 19.5 Å².